The molecule has 0 unspecified atom stereocenters. The van der Waals surface area contributed by atoms with Crippen LogP contribution in [0.3, 0.4) is 0 Å². The van der Waals surface area contributed by atoms with Crippen LogP contribution in [0.25, 0.3) is 0 Å². The summed E-state index contributed by atoms with van der Waals surface area (Å²) in [7, 11) is -0.454. The fourth-order valence-corrected chi connectivity index (χ4v) is 2.80. The molecule has 8 heteroatoms. The second kappa shape index (κ2) is 6.76. The molecule has 7 nitrogen and oxygen atoms in total. The zero-order chi connectivity index (χ0) is 17.0. The summed E-state index contributed by atoms with van der Waals surface area (Å²) in [4.78, 5) is 10.4. The molecule has 0 saturated heterocycles. The molecule has 2 rings (SSSR count). The maximum Gasteiger partial charge on any atom is 0.269 e. The van der Waals surface area contributed by atoms with E-state index >= 15 is 0 Å². The Kier molecular flexibility index (Phi) is 4.97. The van der Waals surface area contributed by atoms with Gasteiger partial charge in [-0.05, 0) is 29.8 Å². The molecule has 122 valence electrons. The smallest absolute Gasteiger partial charge is 0.269 e. The minimum atomic E-state index is -3.42. The highest BCUT2D eigenvalue weighted by Gasteiger charge is 2.16. The van der Waals surface area contributed by atoms with Crippen molar-refractivity contribution in [2.45, 2.75) is 11.4 Å². The third-order valence-electron chi connectivity index (χ3n) is 3.28. The standard InChI is InChI=1S/C15H17N3O4S/c1-17(2)23(21,22)15-9-3-12(4-10-15)11-16-13-5-7-14(8-6-13)18(19)20/h3-10,16H,11H2,1-2H3. The van der Waals surface area contributed by atoms with E-state index in [1.54, 1.807) is 36.4 Å². The Hall–Kier alpha value is -2.45. The van der Waals surface area contributed by atoms with Crippen molar-refractivity contribution in [1.82, 2.24) is 4.31 Å². The topological polar surface area (TPSA) is 92.6 Å². The third kappa shape index (κ3) is 4.05. The molecule has 0 amide bonds. The second-order valence-corrected chi connectivity index (χ2v) is 7.24. The highest BCUT2D eigenvalue weighted by molar-refractivity contribution is 7.89. The van der Waals surface area contributed by atoms with Gasteiger partial charge in [0.2, 0.25) is 10.0 Å². The monoisotopic (exact) mass is 335 g/mol. The lowest BCUT2D eigenvalue weighted by molar-refractivity contribution is -0.384. The molecule has 0 aromatic heterocycles. The maximum atomic E-state index is 12.0. The number of anilines is 1. The molecule has 0 heterocycles. The number of nitro benzene ring substituents is 1. The lowest BCUT2D eigenvalue weighted by Gasteiger charge is -2.12. The first-order valence-corrected chi connectivity index (χ1v) is 8.24. The Labute approximate surface area is 134 Å². The Bertz CT molecular complexity index is 784. The molecule has 2 aromatic carbocycles. The predicted octanol–water partition coefficient (Wildman–Crippen LogP) is 2.46. The number of nitrogens with one attached hydrogen (secondary N) is 1. The molecule has 0 atom stereocenters. The van der Waals surface area contributed by atoms with E-state index in [1.165, 1.54) is 26.2 Å². The van der Waals surface area contributed by atoms with E-state index in [1.807, 2.05) is 0 Å². The van der Waals surface area contributed by atoms with Gasteiger partial charge in [0.15, 0.2) is 0 Å². The van der Waals surface area contributed by atoms with Crippen LogP contribution in [0.1, 0.15) is 5.56 Å². The summed E-state index contributed by atoms with van der Waals surface area (Å²) in [6.07, 6.45) is 0. The largest absolute Gasteiger partial charge is 0.381 e. The van der Waals surface area contributed by atoms with Crippen LogP contribution in [0.15, 0.2) is 53.4 Å². The van der Waals surface area contributed by atoms with Crippen molar-refractivity contribution in [3.8, 4) is 0 Å². The van der Waals surface area contributed by atoms with Gasteiger partial charge >= 0.3 is 0 Å². The first-order chi connectivity index (χ1) is 10.8. The van der Waals surface area contributed by atoms with Crippen LogP contribution < -0.4 is 5.32 Å². The Morgan fingerprint density at radius 3 is 2.09 bits per heavy atom. The van der Waals surface area contributed by atoms with Gasteiger partial charge in [-0.2, -0.15) is 0 Å². The molecule has 0 fully saturated rings. The number of non-ortho nitro benzene ring substituents is 1. The third-order valence-corrected chi connectivity index (χ3v) is 5.11. The van der Waals surface area contributed by atoms with Crippen LogP contribution in [-0.4, -0.2) is 31.7 Å². The number of sulfonamides is 1. The van der Waals surface area contributed by atoms with E-state index in [0.717, 1.165) is 15.6 Å². The van der Waals surface area contributed by atoms with Gasteiger partial charge in [0, 0.05) is 38.5 Å². The number of nitrogens with zero attached hydrogens (tertiary/aromatic N) is 2. The summed E-state index contributed by atoms with van der Waals surface area (Å²) < 4.78 is 25.1. The van der Waals surface area contributed by atoms with Gasteiger partial charge in [0.25, 0.3) is 5.69 Å². The quantitative estimate of drug-likeness (QED) is 0.646. The van der Waals surface area contributed by atoms with Crippen molar-refractivity contribution < 1.29 is 13.3 Å². The maximum absolute atomic E-state index is 12.0. The highest BCUT2D eigenvalue weighted by Crippen LogP contribution is 2.17. The first kappa shape index (κ1) is 16.9. The van der Waals surface area contributed by atoms with Gasteiger partial charge in [-0.15, -0.1) is 0 Å². The SMILES string of the molecule is CN(C)S(=O)(=O)c1ccc(CNc2ccc([N+](=O)[O-])cc2)cc1. The van der Waals surface area contributed by atoms with E-state index in [-0.39, 0.29) is 10.6 Å². The predicted molar refractivity (Wildman–Crippen MR) is 87.7 cm³/mol. The Morgan fingerprint density at radius 1 is 1.04 bits per heavy atom. The van der Waals surface area contributed by atoms with Crippen LogP contribution in [0.5, 0.6) is 0 Å². The average molecular weight is 335 g/mol. The van der Waals surface area contributed by atoms with Gasteiger partial charge in [-0.1, -0.05) is 12.1 Å². The van der Waals surface area contributed by atoms with Gasteiger partial charge in [0.1, 0.15) is 0 Å². The van der Waals surface area contributed by atoms with E-state index in [4.69, 9.17) is 0 Å². The van der Waals surface area contributed by atoms with Crippen molar-refractivity contribution in [2.24, 2.45) is 0 Å². The first-order valence-electron chi connectivity index (χ1n) is 6.80. The number of rotatable bonds is 6. The van der Waals surface area contributed by atoms with Crippen LogP contribution in [0.4, 0.5) is 11.4 Å². The number of nitro groups is 1. The fraction of sp³-hybridized carbons (Fsp3) is 0.200. The molecular formula is C15H17N3O4S. The highest BCUT2D eigenvalue weighted by atomic mass is 32.2. The van der Waals surface area contributed by atoms with Gasteiger partial charge < -0.3 is 5.32 Å². The summed E-state index contributed by atoms with van der Waals surface area (Å²) in [5.41, 5.74) is 1.69. The zero-order valence-electron chi connectivity index (χ0n) is 12.8. The van der Waals surface area contributed by atoms with Crippen molar-refractivity contribution in [1.29, 1.82) is 0 Å². The van der Waals surface area contributed by atoms with Crippen LogP contribution in [-0.2, 0) is 16.6 Å². The van der Waals surface area contributed by atoms with E-state index in [9.17, 15) is 18.5 Å². The van der Waals surface area contributed by atoms with E-state index < -0.39 is 14.9 Å². The van der Waals surface area contributed by atoms with Crippen molar-refractivity contribution in [3.05, 3.63) is 64.2 Å². The molecule has 0 radical (unpaired) electrons. The molecule has 2 aromatic rings. The summed E-state index contributed by atoms with van der Waals surface area (Å²) in [6, 6.07) is 12.7. The summed E-state index contributed by atoms with van der Waals surface area (Å²) in [5.74, 6) is 0. The molecule has 0 aliphatic rings. The minimum Gasteiger partial charge on any atom is -0.381 e. The van der Waals surface area contributed by atoms with Crippen molar-refractivity contribution in [2.75, 3.05) is 19.4 Å². The fourth-order valence-electron chi connectivity index (χ4n) is 1.90. The van der Waals surface area contributed by atoms with Crippen LogP contribution in [0.2, 0.25) is 0 Å². The average Bonchev–Trinajstić information content (AvgIpc) is 2.53. The molecule has 0 aliphatic carbocycles. The summed E-state index contributed by atoms with van der Waals surface area (Å²) >= 11 is 0. The molecule has 1 N–H and O–H groups in total. The number of hydrogen-bond donors (Lipinski definition) is 1. The second-order valence-electron chi connectivity index (χ2n) is 5.09. The van der Waals surface area contributed by atoms with Gasteiger partial charge in [-0.3, -0.25) is 10.1 Å². The molecule has 0 spiro atoms. The zero-order valence-corrected chi connectivity index (χ0v) is 13.6. The van der Waals surface area contributed by atoms with Gasteiger partial charge in [-0.25, -0.2) is 12.7 Å². The van der Waals surface area contributed by atoms with Crippen molar-refractivity contribution in [3.63, 3.8) is 0 Å². The lowest BCUT2D eigenvalue weighted by Crippen LogP contribution is -2.22. The summed E-state index contributed by atoms with van der Waals surface area (Å²) in [6.45, 7) is 0.486. The Balaban J connectivity index is 2.03. The number of hydrogen-bond acceptors (Lipinski definition) is 5. The van der Waals surface area contributed by atoms with Crippen molar-refractivity contribution >= 4 is 21.4 Å². The normalized spacial score (nSPS) is 11.4. The van der Waals surface area contributed by atoms with E-state index in [2.05, 4.69) is 5.32 Å². The molecular weight excluding hydrogens is 318 g/mol. The number of benzene rings is 2. The molecule has 0 aliphatic heterocycles. The summed E-state index contributed by atoms with van der Waals surface area (Å²) in [5, 5.41) is 13.7. The molecule has 0 saturated carbocycles. The van der Waals surface area contributed by atoms with Crippen LogP contribution in [0, 0.1) is 10.1 Å². The molecule has 0 bridgehead atoms. The minimum absolute atomic E-state index is 0.0359. The lowest BCUT2D eigenvalue weighted by atomic mass is 10.2. The van der Waals surface area contributed by atoms with Crippen LogP contribution >= 0.6 is 0 Å². The molecule has 23 heavy (non-hydrogen) atoms. The Morgan fingerprint density at radius 2 is 1.61 bits per heavy atom. The van der Waals surface area contributed by atoms with Gasteiger partial charge in [0.05, 0.1) is 9.82 Å². The van der Waals surface area contributed by atoms with E-state index in [0.29, 0.717) is 6.54 Å².